The van der Waals surface area contributed by atoms with Gasteiger partial charge in [-0.2, -0.15) is 0 Å². The van der Waals surface area contributed by atoms with Gasteiger partial charge in [-0.15, -0.1) is 0 Å². The highest BCUT2D eigenvalue weighted by atomic mass is 79.9. The van der Waals surface area contributed by atoms with E-state index in [1.807, 2.05) is 54.6 Å². The molecule has 6 rings (SSSR count). The Hall–Kier alpha value is -4.80. The van der Waals surface area contributed by atoms with Gasteiger partial charge in [-0.25, -0.2) is 14.2 Å². The Balaban J connectivity index is 1.46. The van der Waals surface area contributed by atoms with Crippen LogP contribution in [0.2, 0.25) is 0 Å². The Morgan fingerprint density at radius 2 is 1.76 bits per heavy atom. The number of aromatic nitrogens is 1. The summed E-state index contributed by atoms with van der Waals surface area (Å²) in [5.41, 5.74) is 3.06. The van der Waals surface area contributed by atoms with Gasteiger partial charge in [-0.1, -0.05) is 78.1 Å². The molecule has 0 saturated heterocycles. The van der Waals surface area contributed by atoms with Crippen molar-refractivity contribution in [3.05, 3.63) is 155 Å². The fraction of sp³-hybridized carbons (Fsp3) is 0.139. The van der Waals surface area contributed by atoms with Gasteiger partial charge in [0.15, 0.2) is 4.80 Å². The van der Waals surface area contributed by atoms with Crippen molar-refractivity contribution in [1.29, 1.82) is 0 Å². The first-order valence-corrected chi connectivity index (χ1v) is 16.1. The molecule has 232 valence electrons. The molecule has 0 saturated carbocycles. The van der Waals surface area contributed by atoms with Crippen LogP contribution in [0, 0.1) is 5.82 Å². The van der Waals surface area contributed by atoms with Crippen molar-refractivity contribution in [2.45, 2.75) is 19.6 Å². The lowest BCUT2D eigenvalue weighted by atomic mass is 9.93. The third-order valence-electron chi connectivity index (χ3n) is 7.40. The summed E-state index contributed by atoms with van der Waals surface area (Å²) >= 11 is 4.78. The number of rotatable bonds is 9. The lowest BCUT2D eigenvalue weighted by Crippen LogP contribution is -2.40. The molecule has 0 fully saturated rings. The summed E-state index contributed by atoms with van der Waals surface area (Å²) in [7, 11) is 1.58. The van der Waals surface area contributed by atoms with Gasteiger partial charge in [0.05, 0.1) is 40.0 Å². The fourth-order valence-corrected chi connectivity index (χ4v) is 6.70. The third-order valence-corrected chi connectivity index (χ3v) is 9.00. The van der Waals surface area contributed by atoms with Crippen LogP contribution in [0.1, 0.15) is 35.2 Å². The van der Waals surface area contributed by atoms with Crippen molar-refractivity contribution in [3.8, 4) is 11.5 Å². The Labute approximate surface area is 276 Å². The van der Waals surface area contributed by atoms with Crippen LogP contribution in [0.3, 0.4) is 0 Å². The number of methoxy groups -OCH3 is 1. The lowest BCUT2D eigenvalue weighted by Gasteiger charge is -2.26. The summed E-state index contributed by atoms with van der Waals surface area (Å²) in [5, 5.41) is 0. The van der Waals surface area contributed by atoms with Crippen LogP contribution in [-0.4, -0.2) is 24.3 Å². The average Bonchev–Trinajstić information content (AvgIpc) is 3.38. The molecule has 10 heteroatoms. The van der Waals surface area contributed by atoms with Crippen LogP contribution in [0.5, 0.6) is 11.5 Å². The Morgan fingerprint density at radius 3 is 2.46 bits per heavy atom. The van der Waals surface area contributed by atoms with Crippen LogP contribution >= 0.6 is 27.3 Å². The molecule has 0 bridgehead atoms. The molecule has 4 aromatic carbocycles. The Morgan fingerprint density at radius 1 is 1.02 bits per heavy atom. The minimum absolute atomic E-state index is 0.0706. The Kier molecular flexibility index (Phi) is 9.28. The SMILES string of the molecule is CCOC(=O)C1=C(c2ccccc2)N=c2s/c(=C\c3ccc(OCc4ccccc4F)c(Br)c3)c(=O)n2[C@H]1c1ccc(OC)cc1. The zero-order chi connectivity index (χ0) is 32.2. The Bertz CT molecular complexity index is 2120. The zero-order valence-electron chi connectivity index (χ0n) is 24.9. The molecule has 2 heterocycles. The number of ether oxygens (including phenoxy) is 3. The molecule has 1 aromatic heterocycles. The highest BCUT2D eigenvalue weighted by Crippen LogP contribution is 2.36. The predicted octanol–water partition coefficient (Wildman–Crippen LogP) is 6.42. The first-order chi connectivity index (χ1) is 22.4. The van der Waals surface area contributed by atoms with Crippen molar-refractivity contribution >= 4 is 45.0 Å². The number of carbonyl (C=O) groups excluding carboxylic acids is 1. The molecule has 7 nitrogen and oxygen atoms in total. The van der Waals surface area contributed by atoms with E-state index in [4.69, 9.17) is 19.2 Å². The molecular formula is C36H28BrFN2O5S. The van der Waals surface area contributed by atoms with Crippen molar-refractivity contribution in [3.63, 3.8) is 0 Å². The molecular weight excluding hydrogens is 671 g/mol. The van der Waals surface area contributed by atoms with Gasteiger partial charge < -0.3 is 14.2 Å². The van der Waals surface area contributed by atoms with Gasteiger partial charge in [0.1, 0.15) is 23.9 Å². The maximum Gasteiger partial charge on any atom is 0.338 e. The fourth-order valence-electron chi connectivity index (χ4n) is 5.19. The van der Waals surface area contributed by atoms with E-state index in [-0.39, 0.29) is 30.2 Å². The van der Waals surface area contributed by atoms with Gasteiger partial charge in [0.2, 0.25) is 0 Å². The van der Waals surface area contributed by atoms with Crippen molar-refractivity contribution in [2.24, 2.45) is 4.99 Å². The summed E-state index contributed by atoms with van der Waals surface area (Å²) in [6.07, 6.45) is 1.77. The molecule has 0 unspecified atom stereocenters. The molecule has 0 aliphatic carbocycles. The van der Waals surface area contributed by atoms with Gasteiger partial charge in [0, 0.05) is 11.1 Å². The molecule has 1 aliphatic heterocycles. The van der Waals surface area contributed by atoms with E-state index in [0.717, 1.165) is 11.1 Å². The number of carbonyl (C=O) groups is 1. The summed E-state index contributed by atoms with van der Waals surface area (Å²) in [5.74, 6) is 0.302. The lowest BCUT2D eigenvalue weighted by molar-refractivity contribution is -0.138. The monoisotopic (exact) mass is 698 g/mol. The number of benzene rings is 4. The second-order valence-corrected chi connectivity index (χ2v) is 12.1. The van der Waals surface area contributed by atoms with E-state index < -0.39 is 12.0 Å². The van der Waals surface area contributed by atoms with Crippen LogP contribution < -0.4 is 24.4 Å². The number of hydrogen-bond acceptors (Lipinski definition) is 7. The number of thiazole rings is 1. The minimum Gasteiger partial charge on any atom is -0.497 e. The maximum atomic E-state index is 14.1. The molecule has 0 amide bonds. The van der Waals surface area contributed by atoms with Crippen LogP contribution in [0.25, 0.3) is 11.8 Å². The first kappa shape index (κ1) is 31.2. The summed E-state index contributed by atoms with van der Waals surface area (Å²) in [6.45, 7) is 1.98. The molecule has 0 spiro atoms. The molecule has 1 atom stereocenters. The predicted molar refractivity (Wildman–Crippen MR) is 179 cm³/mol. The maximum absolute atomic E-state index is 14.1. The van der Waals surface area contributed by atoms with E-state index in [0.29, 0.717) is 42.1 Å². The van der Waals surface area contributed by atoms with Gasteiger partial charge in [-0.3, -0.25) is 9.36 Å². The molecule has 1 aliphatic rings. The molecule has 0 radical (unpaired) electrons. The number of fused-ring (bicyclic) bond motifs is 1. The number of halogens is 2. The average molecular weight is 700 g/mol. The quantitative estimate of drug-likeness (QED) is 0.166. The van der Waals surface area contributed by atoms with Crippen molar-refractivity contribution in [1.82, 2.24) is 4.57 Å². The molecule has 46 heavy (non-hydrogen) atoms. The van der Waals surface area contributed by atoms with Gasteiger partial charge in [-0.05, 0) is 70.4 Å². The number of nitrogens with zero attached hydrogens (tertiary/aromatic N) is 2. The van der Waals surface area contributed by atoms with Crippen LogP contribution in [-0.2, 0) is 16.1 Å². The first-order valence-electron chi connectivity index (χ1n) is 14.5. The normalized spacial score (nSPS) is 14.4. The smallest absolute Gasteiger partial charge is 0.338 e. The van der Waals surface area contributed by atoms with Gasteiger partial charge in [0.25, 0.3) is 5.56 Å². The zero-order valence-corrected chi connectivity index (χ0v) is 27.3. The largest absolute Gasteiger partial charge is 0.497 e. The number of hydrogen-bond donors (Lipinski definition) is 0. The number of esters is 1. The summed E-state index contributed by atoms with van der Waals surface area (Å²) in [4.78, 5) is 33.1. The second-order valence-electron chi connectivity index (χ2n) is 10.3. The van der Waals surface area contributed by atoms with Crippen LogP contribution in [0.4, 0.5) is 4.39 Å². The molecule has 0 N–H and O–H groups in total. The summed E-state index contributed by atoms with van der Waals surface area (Å²) < 4.78 is 33.4. The summed E-state index contributed by atoms with van der Waals surface area (Å²) in [6, 6.07) is 27.7. The third kappa shape index (κ3) is 6.31. The van der Waals surface area contributed by atoms with Crippen molar-refractivity contribution < 1.29 is 23.4 Å². The van der Waals surface area contributed by atoms with E-state index >= 15 is 0 Å². The molecule has 5 aromatic rings. The highest BCUT2D eigenvalue weighted by Gasteiger charge is 2.35. The standard InChI is InChI=1S/C36H28BrFN2O5S/c1-3-44-35(42)31-32(23-9-5-4-6-10-23)39-36-40(33(31)24-14-16-26(43-2)17-15-24)34(41)30(46-36)20-22-13-18-29(27(37)19-22)45-21-25-11-7-8-12-28(25)38/h4-20,33H,3,21H2,1-2H3/b30-20-/t33-/m0/s1. The van der Waals surface area contributed by atoms with E-state index in [1.165, 1.54) is 17.4 Å². The second kappa shape index (κ2) is 13.7. The van der Waals surface area contributed by atoms with E-state index in [1.54, 1.807) is 61.1 Å². The minimum atomic E-state index is -0.792. The highest BCUT2D eigenvalue weighted by molar-refractivity contribution is 9.10. The van der Waals surface area contributed by atoms with Gasteiger partial charge >= 0.3 is 5.97 Å². The van der Waals surface area contributed by atoms with Crippen LogP contribution in [0.15, 0.2) is 117 Å². The van der Waals surface area contributed by atoms with E-state index in [9.17, 15) is 14.0 Å². The van der Waals surface area contributed by atoms with E-state index in [2.05, 4.69) is 15.9 Å². The van der Waals surface area contributed by atoms with Crippen molar-refractivity contribution in [2.75, 3.05) is 13.7 Å². The topological polar surface area (TPSA) is 79.1 Å².